The molecule has 1 saturated heterocycles. The summed E-state index contributed by atoms with van der Waals surface area (Å²) >= 11 is 3.23. The Labute approximate surface area is 185 Å². The number of amidine groups is 1. The SMILES string of the molecule is COC(=O)c1cccc(N=C2SC(=Cc3cc(I)c(O)c(OC)c3)C(=O)N2C)c1. The number of methoxy groups -OCH3 is 2. The third-order valence-electron chi connectivity index (χ3n) is 4.06. The van der Waals surface area contributed by atoms with E-state index in [4.69, 9.17) is 9.47 Å². The number of nitrogens with zero attached hydrogens (tertiary/aromatic N) is 2. The van der Waals surface area contributed by atoms with Crippen LogP contribution in [-0.2, 0) is 9.53 Å². The van der Waals surface area contributed by atoms with Crippen molar-refractivity contribution in [3.8, 4) is 11.5 Å². The quantitative estimate of drug-likeness (QED) is 0.369. The number of halogens is 1. The Morgan fingerprint density at radius 1 is 1.28 bits per heavy atom. The van der Waals surface area contributed by atoms with Crippen LogP contribution in [0.1, 0.15) is 15.9 Å². The number of aromatic hydroxyl groups is 1. The average molecular weight is 524 g/mol. The average Bonchev–Trinajstić information content (AvgIpc) is 2.97. The van der Waals surface area contributed by atoms with Gasteiger partial charge in [-0.3, -0.25) is 9.69 Å². The van der Waals surface area contributed by atoms with Gasteiger partial charge in [-0.25, -0.2) is 9.79 Å². The Balaban J connectivity index is 1.92. The number of phenolic OH excluding ortho intramolecular Hbond substituents is 1. The van der Waals surface area contributed by atoms with Gasteiger partial charge in [-0.1, -0.05) is 6.07 Å². The molecular weight excluding hydrogens is 507 g/mol. The molecule has 0 aliphatic carbocycles. The number of carbonyl (C=O) groups excluding carboxylic acids is 2. The number of phenols is 1. The highest BCUT2D eigenvalue weighted by Crippen LogP contribution is 2.36. The summed E-state index contributed by atoms with van der Waals surface area (Å²) in [6.45, 7) is 0. The first-order valence-corrected chi connectivity index (χ1v) is 10.2. The fraction of sp³-hybridized carbons (Fsp3) is 0.150. The van der Waals surface area contributed by atoms with Gasteiger partial charge in [0.2, 0.25) is 0 Å². The Bertz CT molecular complexity index is 1050. The molecule has 2 aromatic rings. The van der Waals surface area contributed by atoms with Gasteiger partial charge in [-0.2, -0.15) is 0 Å². The number of benzene rings is 2. The third-order valence-corrected chi connectivity index (χ3v) is 5.95. The number of carbonyl (C=O) groups is 2. The van der Waals surface area contributed by atoms with E-state index in [1.807, 2.05) is 22.6 Å². The zero-order valence-electron chi connectivity index (χ0n) is 15.8. The zero-order chi connectivity index (χ0) is 21.1. The van der Waals surface area contributed by atoms with Gasteiger partial charge in [-0.05, 0) is 76.3 Å². The monoisotopic (exact) mass is 524 g/mol. The molecule has 0 aromatic heterocycles. The zero-order valence-corrected chi connectivity index (χ0v) is 18.8. The van der Waals surface area contributed by atoms with Crippen LogP contribution < -0.4 is 4.74 Å². The van der Waals surface area contributed by atoms with E-state index in [0.717, 1.165) is 5.56 Å². The van der Waals surface area contributed by atoms with Crippen LogP contribution in [0.15, 0.2) is 46.3 Å². The summed E-state index contributed by atoms with van der Waals surface area (Å²) in [5.41, 5.74) is 1.65. The van der Waals surface area contributed by atoms with Gasteiger partial charge < -0.3 is 14.6 Å². The number of amides is 1. The second-order valence-electron chi connectivity index (χ2n) is 5.96. The van der Waals surface area contributed by atoms with Crippen molar-refractivity contribution in [1.82, 2.24) is 4.90 Å². The Morgan fingerprint density at radius 3 is 2.72 bits per heavy atom. The van der Waals surface area contributed by atoms with E-state index in [0.29, 0.717) is 30.6 Å². The van der Waals surface area contributed by atoms with Crippen LogP contribution in [0, 0.1) is 3.57 Å². The molecule has 150 valence electrons. The normalized spacial score (nSPS) is 16.6. The van der Waals surface area contributed by atoms with Gasteiger partial charge >= 0.3 is 5.97 Å². The molecule has 29 heavy (non-hydrogen) atoms. The van der Waals surface area contributed by atoms with Crippen molar-refractivity contribution in [3.05, 3.63) is 56.0 Å². The lowest BCUT2D eigenvalue weighted by atomic mass is 10.2. The van der Waals surface area contributed by atoms with Crippen molar-refractivity contribution in [1.29, 1.82) is 0 Å². The van der Waals surface area contributed by atoms with Gasteiger partial charge in [0.1, 0.15) is 0 Å². The first kappa shape index (κ1) is 21.2. The summed E-state index contributed by atoms with van der Waals surface area (Å²) in [4.78, 5) is 30.8. The van der Waals surface area contributed by atoms with Crippen LogP contribution in [0.25, 0.3) is 6.08 Å². The summed E-state index contributed by atoms with van der Waals surface area (Å²) in [7, 11) is 4.43. The third kappa shape index (κ3) is 4.56. The molecule has 1 fully saturated rings. The number of thioether (sulfide) groups is 1. The molecule has 2 aromatic carbocycles. The summed E-state index contributed by atoms with van der Waals surface area (Å²) in [6.07, 6.45) is 1.72. The lowest BCUT2D eigenvalue weighted by Gasteiger charge is -2.08. The maximum atomic E-state index is 12.6. The number of esters is 1. The molecule has 0 bridgehead atoms. The summed E-state index contributed by atoms with van der Waals surface area (Å²) in [5.74, 6) is -0.251. The molecule has 1 amide bonds. The maximum absolute atomic E-state index is 12.6. The van der Waals surface area contributed by atoms with Crippen molar-refractivity contribution in [2.24, 2.45) is 4.99 Å². The second-order valence-corrected chi connectivity index (χ2v) is 8.14. The van der Waals surface area contributed by atoms with Crippen molar-refractivity contribution in [3.63, 3.8) is 0 Å². The first-order chi connectivity index (χ1) is 13.8. The van der Waals surface area contributed by atoms with Gasteiger partial charge in [-0.15, -0.1) is 0 Å². The smallest absolute Gasteiger partial charge is 0.337 e. The van der Waals surface area contributed by atoms with Gasteiger partial charge in [0.25, 0.3) is 5.91 Å². The van der Waals surface area contributed by atoms with E-state index in [1.54, 1.807) is 49.5 Å². The number of hydrogen-bond donors (Lipinski definition) is 1. The highest BCUT2D eigenvalue weighted by molar-refractivity contribution is 14.1. The molecule has 3 rings (SSSR count). The molecule has 0 radical (unpaired) electrons. The molecule has 7 nitrogen and oxygen atoms in total. The van der Waals surface area contributed by atoms with Crippen molar-refractivity contribution >= 4 is 63.2 Å². The summed E-state index contributed by atoms with van der Waals surface area (Å²) in [5, 5.41) is 10.5. The van der Waals surface area contributed by atoms with Crippen LogP contribution in [0.5, 0.6) is 11.5 Å². The molecule has 0 unspecified atom stereocenters. The number of rotatable bonds is 4. The standard InChI is InChI=1S/C20H17IN2O5S/c1-23-18(25)16(9-11-7-14(21)17(24)15(8-11)27-2)29-20(23)22-13-6-4-5-12(10-13)19(26)28-3/h4-10,24H,1-3H3. The fourth-order valence-electron chi connectivity index (χ4n) is 2.57. The van der Waals surface area contributed by atoms with E-state index in [9.17, 15) is 14.7 Å². The topological polar surface area (TPSA) is 88.4 Å². The maximum Gasteiger partial charge on any atom is 0.337 e. The van der Waals surface area contributed by atoms with Crippen LogP contribution >= 0.6 is 34.4 Å². The lowest BCUT2D eigenvalue weighted by molar-refractivity contribution is -0.121. The van der Waals surface area contributed by atoms with Crippen molar-refractivity contribution in [2.45, 2.75) is 0 Å². The number of likely N-dealkylation sites (N-methyl/N-ethyl adjacent to an activating group) is 1. The molecule has 9 heteroatoms. The van der Waals surface area contributed by atoms with Crippen molar-refractivity contribution in [2.75, 3.05) is 21.3 Å². The molecule has 1 heterocycles. The molecule has 1 aliphatic heterocycles. The highest BCUT2D eigenvalue weighted by atomic mass is 127. The predicted octanol–water partition coefficient (Wildman–Crippen LogP) is 4.03. The van der Waals surface area contributed by atoms with Crippen LogP contribution in [0.4, 0.5) is 5.69 Å². The minimum absolute atomic E-state index is 0.0607. The Hall–Kier alpha value is -2.53. The van der Waals surface area contributed by atoms with Crippen LogP contribution in [0.2, 0.25) is 0 Å². The molecule has 1 aliphatic rings. The lowest BCUT2D eigenvalue weighted by Crippen LogP contribution is -2.23. The van der Waals surface area contributed by atoms with Crippen LogP contribution in [0.3, 0.4) is 0 Å². The van der Waals surface area contributed by atoms with Crippen molar-refractivity contribution < 1.29 is 24.2 Å². The van der Waals surface area contributed by atoms with Gasteiger partial charge in [0.15, 0.2) is 16.7 Å². The Morgan fingerprint density at radius 2 is 2.03 bits per heavy atom. The minimum atomic E-state index is -0.452. The Kier molecular flexibility index (Phi) is 6.48. The number of hydrogen-bond acceptors (Lipinski definition) is 7. The summed E-state index contributed by atoms with van der Waals surface area (Å²) in [6, 6.07) is 10.1. The molecular formula is C20H17IN2O5S. The fourth-order valence-corrected chi connectivity index (χ4v) is 4.18. The second kappa shape index (κ2) is 8.87. The summed E-state index contributed by atoms with van der Waals surface area (Å²) < 4.78 is 10.5. The van der Waals surface area contributed by atoms with Crippen LogP contribution in [-0.4, -0.2) is 48.3 Å². The van der Waals surface area contributed by atoms with E-state index in [2.05, 4.69) is 4.99 Å². The predicted molar refractivity (Wildman–Crippen MR) is 121 cm³/mol. The largest absolute Gasteiger partial charge is 0.504 e. The van der Waals surface area contributed by atoms with E-state index < -0.39 is 5.97 Å². The molecule has 0 atom stereocenters. The number of ether oxygens (including phenoxy) is 2. The van der Waals surface area contributed by atoms with Gasteiger partial charge in [0, 0.05) is 7.05 Å². The highest BCUT2D eigenvalue weighted by Gasteiger charge is 2.30. The van der Waals surface area contributed by atoms with Gasteiger partial charge in [0.05, 0.1) is 33.9 Å². The molecule has 1 N–H and O–H groups in total. The van der Waals surface area contributed by atoms with E-state index >= 15 is 0 Å². The molecule has 0 saturated carbocycles. The van der Waals surface area contributed by atoms with E-state index in [1.165, 1.54) is 30.9 Å². The van der Waals surface area contributed by atoms with E-state index in [-0.39, 0.29) is 11.7 Å². The number of aliphatic imine (C=N–C) groups is 1. The minimum Gasteiger partial charge on any atom is -0.504 e. The molecule has 0 spiro atoms. The first-order valence-electron chi connectivity index (χ1n) is 8.35.